The molecule has 0 amide bonds. The summed E-state index contributed by atoms with van der Waals surface area (Å²) in [5.41, 5.74) is 0.952. The number of thioether (sulfide) groups is 2. The van der Waals surface area contributed by atoms with Gasteiger partial charge in [-0.15, -0.1) is 23.5 Å². The third-order valence-corrected chi connectivity index (χ3v) is 7.44. The van der Waals surface area contributed by atoms with Gasteiger partial charge in [0, 0.05) is 5.92 Å². The van der Waals surface area contributed by atoms with E-state index in [9.17, 15) is 14.4 Å². The van der Waals surface area contributed by atoms with Gasteiger partial charge in [-0.05, 0) is 36.8 Å². The van der Waals surface area contributed by atoms with Gasteiger partial charge in [0.05, 0.1) is 25.3 Å². The second-order valence-corrected chi connectivity index (χ2v) is 8.58. The Balaban J connectivity index is 2.31. The van der Waals surface area contributed by atoms with Crippen molar-refractivity contribution >= 4 is 29.5 Å². The molecule has 0 aromatic heterocycles. The van der Waals surface area contributed by atoms with E-state index in [1.807, 2.05) is 30.3 Å². The molecule has 0 N–H and O–H groups in total. The average molecular weight is 368 g/mol. The molecule has 2 atom stereocenters. The Morgan fingerprint density at radius 2 is 2.04 bits per heavy atom. The first-order valence-electron chi connectivity index (χ1n) is 8.12. The van der Waals surface area contributed by atoms with Crippen molar-refractivity contribution in [2.24, 2.45) is 11.8 Å². The van der Waals surface area contributed by atoms with E-state index in [2.05, 4.69) is 6.07 Å². The number of rotatable bonds is 7. The number of carbonyl (C=O) groups is 1. The summed E-state index contributed by atoms with van der Waals surface area (Å²) in [5.74, 6) is -0.117. The van der Waals surface area contributed by atoms with Gasteiger partial charge in [-0.1, -0.05) is 30.3 Å². The molecule has 2 rings (SSSR count). The summed E-state index contributed by atoms with van der Waals surface area (Å²) in [6.07, 6.45) is 1.39. The molecule has 2 unspecified atom stereocenters. The summed E-state index contributed by atoms with van der Waals surface area (Å²) < 4.78 is 18.3. The minimum atomic E-state index is -0.917. The lowest BCUT2D eigenvalue weighted by Crippen LogP contribution is -2.43. The second kappa shape index (κ2) is 9.33. The molecule has 1 heterocycles. The van der Waals surface area contributed by atoms with E-state index in [-0.39, 0.29) is 6.61 Å². The summed E-state index contributed by atoms with van der Waals surface area (Å²) in [5, 5.41) is 9.76. The highest BCUT2D eigenvalue weighted by molar-refractivity contribution is 8.19. The largest absolute Gasteiger partial charge is 0.466 e. The Morgan fingerprint density at radius 1 is 1.38 bits per heavy atom. The normalized spacial score (nSPS) is 19.0. The number of alkyl halides is 1. The summed E-state index contributed by atoms with van der Waals surface area (Å²) >= 11 is 2.94. The number of nitrogens with zero attached hydrogens (tertiary/aromatic N) is 1. The average Bonchev–Trinajstić information content (AvgIpc) is 2.63. The Hall–Kier alpha value is -1.19. The fourth-order valence-electron chi connectivity index (χ4n) is 2.89. The number of carbonyl (C=O) groups excluding carboxylic acids is 1. The Kier molecular flexibility index (Phi) is 7.44. The van der Waals surface area contributed by atoms with Gasteiger partial charge in [-0.2, -0.15) is 5.26 Å². The lowest BCUT2D eigenvalue weighted by Gasteiger charge is -2.38. The molecule has 1 aliphatic heterocycles. The second-order valence-electron chi connectivity index (χ2n) is 5.64. The monoisotopic (exact) mass is 367 g/mol. The SMILES string of the molecule is CCOC(=O)C(Cc1ccccc1)C(CF)C1(C#N)SCCCS1. The number of hydrogen-bond donors (Lipinski definition) is 0. The van der Waals surface area contributed by atoms with Crippen LogP contribution in [0.1, 0.15) is 18.9 Å². The molecule has 1 saturated heterocycles. The van der Waals surface area contributed by atoms with Crippen molar-refractivity contribution in [3.8, 4) is 6.07 Å². The lowest BCUT2D eigenvalue weighted by atomic mass is 9.85. The molecule has 0 radical (unpaired) electrons. The molecule has 24 heavy (non-hydrogen) atoms. The Morgan fingerprint density at radius 3 is 2.58 bits per heavy atom. The van der Waals surface area contributed by atoms with Crippen LogP contribution >= 0.6 is 23.5 Å². The summed E-state index contributed by atoms with van der Waals surface area (Å²) in [6.45, 7) is 1.29. The molecule has 1 aromatic rings. The predicted molar refractivity (Wildman–Crippen MR) is 97.6 cm³/mol. The van der Waals surface area contributed by atoms with E-state index >= 15 is 0 Å². The highest BCUT2D eigenvalue weighted by Gasteiger charge is 2.48. The zero-order valence-corrected chi connectivity index (χ0v) is 15.4. The summed E-state index contributed by atoms with van der Waals surface area (Å²) in [7, 11) is 0. The van der Waals surface area contributed by atoms with Crippen molar-refractivity contribution in [2.75, 3.05) is 24.8 Å². The minimum Gasteiger partial charge on any atom is -0.466 e. The third kappa shape index (κ3) is 4.46. The topological polar surface area (TPSA) is 50.1 Å². The van der Waals surface area contributed by atoms with Gasteiger partial charge < -0.3 is 4.74 Å². The number of nitriles is 1. The van der Waals surface area contributed by atoms with Gasteiger partial charge in [-0.3, -0.25) is 9.18 Å². The van der Waals surface area contributed by atoms with Crippen molar-refractivity contribution in [3.05, 3.63) is 35.9 Å². The third-order valence-electron chi connectivity index (χ3n) is 4.11. The van der Waals surface area contributed by atoms with Crippen LogP contribution in [0.25, 0.3) is 0 Å². The van der Waals surface area contributed by atoms with E-state index in [1.165, 1.54) is 23.5 Å². The van der Waals surface area contributed by atoms with E-state index in [0.717, 1.165) is 23.5 Å². The van der Waals surface area contributed by atoms with Crippen LogP contribution in [0.15, 0.2) is 30.3 Å². The molecule has 1 fully saturated rings. The Bertz CT molecular complexity index is 570. The van der Waals surface area contributed by atoms with Crippen molar-refractivity contribution in [2.45, 2.75) is 23.8 Å². The molecule has 0 bridgehead atoms. The van der Waals surface area contributed by atoms with Crippen molar-refractivity contribution in [1.29, 1.82) is 5.26 Å². The lowest BCUT2D eigenvalue weighted by molar-refractivity contribution is -0.150. The fourth-order valence-corrected chi connectivity index (χ4v) is 6.10. The van der Waals surface area contributed by atoms with Crippen molar-refractivity contribution in [3.63, 3.8) is 0 Å². The molecular formula is C18H22FNO2S2. The highest BCUT2D eigenvalue weighted by atomic mass is 32.2. The van der Waals surface area contributed by atoms with Gasteiger partial charge in [0.2, 0.25) is 0 Å². The van der Waals surface area contributed by atoms with Crippen LogP contribution in [0.5, 0.6) is 0 Å². The van der Waals surface area contributed by atoms with E-state index in [4.69, 9.17) is 4.74 Å². The van der Waals surface area contributed by atoms with Crippen molar-refractivity contribution in [1.82, 2.24) is 0 Å². The van der Waals surface area contributed by atoms with E-state index in [1.54, 1.807) is 6.92 Å². The van der Waals surface area contributed by atoms with Gasteiger partial charge in [-0.25, -0.2) is 0 Å². The molecule has 1 aliphatic rings. The standard InChI is InChI=1S/C18H22FNO2S2/c1-2-22-17(21)15(11-14-7-4-3-5-8-14)16(12-19)18(13-20)23-9-6-10-24-18/h3-5,7-8,15-16H,2,6,9-12H2,1H3. The van der Waals surface area contributed by atoms with E-state index < -0.39 is 28.6 Å². The summed E-state index contributed by atoms with van der Waals surface area (Å²) in [6, 6.07) is 11.8. The van der Waals surface area contributed by atoms with Crippen LogP contribution in [0.4, 0.5) is 4.39 Å². The first-order chi connectivity index (χ1) is 11.7. The Labute approximate surface area is 151 Å². The molecule has 0 saturated carbocycles. The molecular weight excluding hydrogens is 345 g/mol. The fraction of sp³-hybridized carbons (Fsp3) is 0.556. The smallest absolute Gasteiger partial charge is 0.309 e. The minimum absolute atomic E-state index is 0.253. The van der Waals surface area contributed by atoms with Crippen LogP contribution in [0.3, 0.4) is 0 Å². The maximum atomic E-state index is 14.0. The number of benzene rings is 1. The maximum Gasteiger partial charge on any atom is 0.309 e. The van der Waals surface area contributed by atoms with Crippen LogP contribution < -0.4 is 0 Å². The van der Waals surface area contributed by atoms with Crippen LogP contribution in [0, 0.1) is 23.2 Å². The van der Waals surface area contributed by atoms with Gasteiger partial charge in [0.25, 0.3) is 0 Å². The number of esters is 1. The molecule has 0 aliphatic carbocycles. The zero-order valence-electron chi connectivity index (χ0n) is 13.7. The van der Waals surface area contributed by atoms with Gasteiger partial charge in [0.15, 0.2) is 4.08 Å². The molecule has 130 valence electrons. The number of halogens is 1. The molecule has 3 nitrogen and oxygen atoms in total. The maximum absolute atomic E-state index is 14.0. The zero-order chi connectivity index (χ0) is 17.4. The van der Waals surface area contributed by atoms with Gasteiger partial charge >= 0.3 is 5.97 Å². The van der Waals surface area contributed by atoms with E-state index in [0.29, 0.717) is 6.42 Å². The van der Waals surface area contributed by atoms with Crippen LogP contribution in [-0.4, -0.2) is 34.8 Å². The van der Waals surface area contributed by atoms with Gasteiger partial charge in [0.1, 0.15) is 0 Å². The predicted octanol–water partition coefficient (Wildman–Crippen LogP) is 4.08. The molecule has 6 heteroatoms. The molecule has 0 spiro atoms. The van der Waals surface area contributed by atoms with Crippen molar-refractivity contribution < 1.29 is 13.9 Å². The number of ether oxygens (including phenoxy) is 1. The highest BCUT2D eigenvalue weighted by Crippen LogP contribution is 2.50. The molecule has 1 aromatic carbocycles. The van der Waals surface area contributed by atoms with Crippen LogP contribution in [0.2, 0.25) is 0 Å². The van der Waals surface area contributed by atoms with Crippen LogP contribution in [-0.2, 0) is 16.0 Å². The quantitative estimate of drug-likeness (QED) is 0.680. The number of hydrogen-bond acceptors (Lipinski definition) is 5. The first-order valence-corrected chi connectivity index (χ1v) is 10.1. The summed E-state index contributed by atoms with van der Waals surface area (Å²) in [4.78, 5) is 12.5. The first kappa shape index (κ1) is 19.1.